The number of amides is 2. The van der Waals surface area contributed by atoms with Crippen LogP contribution in [-0.2, 0) is 0 Å². The molecule has 156 valence electrons. The van der Waals surface area contributed by atoms with Crippen LogP contribution >= 0.6 is 0 Å². The Morgan fingerprint density at radius 2 is 2.10 bits per heavy atom. The van der Waals surface area contributed by atoms with Gasteiger partial charge in [0.15, 0.2) is 0 Å². The number of rotatable bonds is 7. The maximum Gasteiger partial charge on any atom is 0.319 e. The minimum absolute atomic E-state index is 0.0622. The van der Waals surface area contributed by atoms with Gasteiger partial charge in [0.2, 0.25) is 0 Å². The van der Waals surface area contributed by atoms with Crippen LogP contribution in [0.4, 0.5) is 10.5 Å². The Balaban J connectivity index is 1.67. The zero-order valence-corrected chi connectivity index (χ0v) is 17.0. The number of ether oxygens (including phenoxy) is 1. The summed E-state index contributed by atoms with van der Waals surface area (Å²) in [6, 6.07) is 12.9. The summed E-state index contributed by atoms with van der Waals surface area (Å²) in [5.74, 6) is 0.504. The number of anilines is 1. The summed E-state index contributed by atoms with van der Waals surface area (Å²) in [6.07, 6.45) is 4.51. The van der Waals surface area contributed by atoms with Gasteiger partial charge < -0.3 is 37.1 Å². The number of carbonyl (C=O) groups excluding carboxylic acids is 1. The number of hydrogen-bond acceptors (Lipinski definition) is 6. The van der Waals surface area contributed by atoms with E-state index in [4.69, 9.17) is 15.9 Å². The molecule has 7 N–H and O–H groups in total. The zero-order valence-electron chi connectivity index (χ0n) is 17.0. The fraction of sp³-hybridized carbons (Fsp3) is 0.182. The van der Waals surface area contributed by atoms with Crippen LogP contribution in [0.2, 0.25) is 0 Å². The smallest absolute Gasteiger partial charge is 0.319 e. The van der Waals surface area contributed by atoms with Crippen LogP contribution in [0.1, 0.15) is 22.7 Å². The van der Waals surface area contributed by atoms with E-state index in [0.29, 0.717) is 23.6 Å². The average Bonchev–Trinajstić information content (AvgIpc) is 3.14. The molecule has 0 saturated carbocycles. The lowest BCUT2D eigenvalue weighted by atomic mass is 10.0. The molecule has 2 aromatic rings. The Morgan fingerprint density at radius 1 is 1.30 bits per heavy atom. The minimum Gasteiger partial charge on any atom is -0.495 e. The second-order valence-corrected chi connectivity index (χ2v) is 6.65. The summed E-state index contributed by atoms with van der Waals surface area (Å²) in [4.78, 5) is 12.5. The third-order valence-electron chi connectivity index (χ3n) is 4.83. The highest BCUT2D eigenvalue weighted by atomic mass is 16.5. The molecule has 1 aliphatic heterocycles. The Kier molecular flexibility index (Phi) is 6.59. The molecule has 0 aromatic heterocycles. The van der Waals surface area contributed by atoms with Crippen molar-refractivity contribution in [3.63, 3.8) is 0 Å². The Morgan fingerprint density at radius 3 is 2.80 bits per heavy atom. The molecule has 0 spiro atoms. The summed E-state index contributed by atoms with van der Waals surface area (Å²) >= 11 is 0. The molecular weight excluding hydrogens is 380 g/mol. The first-order valence-corrected chi connectivity index (χ1v) is 9.50. The minimum atomic E-state index is -0.344. The van der Waals surface area contributed by atoms with Crippen molar-refractivity contribution in [1.29, 1.82) is 5.41 Å². The van der Waals surface area contributed by atoms with E-state index >= 15 is 0 Å². The van der Waals surface area contributed by atoms with Crippen molar-refractivity contribution in [2.75, 3.05) is 26.0 Å². The van der Waals surface area contributed by atoms with Gasteiger partial charge in [-0.3, -0.25) is 0 Å². The first-order valence-electron chi connectivity index (χ1n) is 9.50. The molecule has 1 unspecified atom stereocenters. The summed E-state index contributed by atoms with van der Waals surface area (Å²) in [5.41, 5.74) is 10.7. The van der Waals surface area contributed by atoms with Crippen molar-refractivity contribution in [2.45, 2.75) is 6.04 Å². The number of benzene rings is 2. The van der Waals surface area contributed by atoms with E-state index in [-0.39, 0.29) is 12.1 Å². The van der Waals surface area contributed by atoms with Crippen LogP contribution in [0.3, 0.4) is 0 Å². The summed E-state index contributed by atoms with van der Waals surface area (Å²) in [7, 11) is 3.30. The normalized spacial score (nSPS) is 16.4. The summed E-state index contributed by atoms with van der Waals surface area (Å²) in [5, 5.41) is 19.5. The van der Waals surface area contributed by atoms with Gasteiger partial charge in [0.25, 0.3) is 0 Å². The predicted octanol–water partition coefficient (Wildman–Crippen LogP) is 2.63. The molecule has 8 nitrogen and oxygen atoms in total. The predicted molar refractivity (Wildman–Crippen MR) is 120 cm³/mol. The lowest BCUT2D eigenvalue weighted by Crippen LogP contribution is -2.35. The van der Waals surface area contributed by atoms with Crippen molar-refractivity contribution in [3.8, 4) is 5.75 Å². The molecule has 0 radical (unpaired) electrons. The molecule has 0 fully saturated rings. The first kappa shape index (κ1) is 20.8. The fourth-order valence-corrected chi connectivity index (χ4v) is 3.39. The highest BCUT2D eigenvalue weighted by Gasteiger charge is 2.25. The summed E-state index contributed by atoms with van der Waals surface area (Å²) < 4.78 is 5.41. The molecule has 1 heterocycles. The van der Waals surface area contributed by atoms with Gasteiger partial charge in [0.1, 0.15) is 5.75 Å². The van der Waals surface area contributed by atoms with E-state index in [0.717, 1.165) is 22.4 Å². The molecule has 30 heavy (non-hydrogen) atoms. The Bertz CT molecular complexity index is 999. The van der Waals surface area contributed by atoms with Crippen molar-refractivity contribution >= 4 is 29.2 Å². The lowest BCUT2D eigenvalue weighted by molar-refractivity contribution is 0.251. The Hall–Kier alpha value is -3.94. The second-order valence-electron chi connectivity index (χ2n) is 6.65. The highest BCUT2D eigenvalue weighted by Crippen LogP contribution is 2.31. The molecule has 8 heteroatoms. The number of hydrogen-bond donors (Lipinski definition) is 6. The van der Waals surface area contributed by atoms with E-state index in [1.54, 1.807) is 25.4 Å². The van der Waals surface area contributed by atoms with Crippen LogP contribution in [0.15, 0.2) is 54.9 Å². The van der Waals surface area contributed by atoms with Crippen molar-refractivity contribution in [3.05, 3.63) is 71.6 Å². The van der Waals surface area contributed by atoms with Gasteiger partial charge in [-0.2, -0.15) is 0 Å². The number of methoxy groups -OCH3 is 1. The van der Waals surface area contributed by atoms with Gasteiger partial charge in [-0.1, -0.05) is 30.3 Å². The summed E-state index contributed by atoms with van der Waals surface area (Å²) in [6.45, 7) is 0.392. The van der Waals surface area contributed by atoms with Gasteiger partial charge in [0, 0.05) is 43.3 Å². The standard InChI is InChI=1S/C22H26N6O2/c1-25-12-15(10-23)14-7-8-18(21(9-14)30-2)28-22(29)26-13-20-17-6-4-3-5-16(17)19(11-24)27-20/h3-12,20,23,25,27H,13,24H2,1-2H3,(H2,26,28,29)/b15-12+,19-11-,23-10?. The number of carbonyl (C=O) groups is 1. The molecule has 0 aliphatic carbocycles. The van der Waals surface area contributed by atoms with E-state index in [1.165, 1.54) is 19.5 Å². The quantitative estimate of drug-likeness (QED) is 0.395. The third-order valence-corrected chi connectivity index (χ3v) is 4.83. The van der Waals surface area contributed by atoms with Gasteiger partial charge in [-0.25, -0.2) is 4.79 Å². The number of nitrogens with one attached hydrogen (secondary N) is 5. The van der Waals surface area contributed by atoms with Crippen LogP contribution in [0.5, 0.6) is 5.75 Å². The molecule has 1 aliphatic rings. The highest BCUT2D eigenvalue weighted by molar-refractivity contribution is 6.08. The molecule has 0 saturated heterocycles. The third kappa shape index (κ3) is 4.38. The van der Waals surface area contributed by atoms with E-state index < -0.39 is 0 Å². The van der Waals surface area contributed by atoms with Crippen molar-refractivity contribution in [1.82, 2.24) is 16.0 Å². The van der Waals surface area contributed by atoms with Crippen LogP contribution < -0.4 is 31.7 Å². The largest absolute Gasteiger partial charge is 0.495 e. The molecule has 0 bridgehead atoms. The number of nitrogens with two attached hydrogens (primary N) is 1. The first-order chi connectivity index (χ1) is 14.6. The zero-order chi connectivity index (χ0) is 21.5. The number of urea groups is 1. The van der Waals surface area contributed by atoms with Gasteiger partial charge >= 0.3 is 6.03 Å². The SMILES string of the molecule is CN/C=C(\C=N)c1ccc(NC(=O)NCC2N/C(=C\N)c3ccccc32)c(OC)c1. The van der Waals surface area contributed by atoms with E-state index in [2.05, 4.69) is 21.3 Å². The average molecular weight is 406 g/mol. The van der Waals surface area contributed by atoms with Gasteiger partial charge in [-0.15, -0.1) is 0 Å². The number of allylic oxidation sites excluding steroid dienone is 1. The molecular formula is C22H26N6O2. The molecule has 2 aromatic carbocycles. The van der Waals surface area contributed by atoms with E-state index in [1.807, 2.05) is 30.3 Å². The van der Waals surface area contributed by atoms with Crippen LogP contribution in [0, 0.1) is 5.41 Å². The van der Waals surface area contributed by atoms with Crippen LogP contribution in [0.25, 0.3) is 11.3 Å². The van der Waals surface area contributed by atoms with Crippen molar-refractivity contribution in [2.24, 2.45) is 5.73 Å². The monoisotopic (exact) mass is 406 g/mol. The molecule has 2 amide bonds. The van der Waals surface area contributed by atoms with E-state index in [9.17, 15) is 4.79 Å². The topological polar surface area (TPSA) is 124 Å². The fourth-order valence-electron chi connectivity index (χ4n) is 3.39. The van der Waals surface area contributed by atoms with Gasteiger partial charge in [-0.05, 0) is 23.3 Å². The number of fused-ring (bicyclic) bond motifs is 1. The Labute approximate surface area is 175 Å². The van der Waals surface area contributed by atoms with Gasteiger partial charge in [0.05, 0.1) is 24.5 Å². The molecule has 1 atom stereocenters. The molecule has 3 rings (SSSR count). The van der Waals surface area contributed by atoms with Crippen LogP contribution in [-0.4, -0.2) is 32.9 Å². The lowest BCUT2D eigenvalue weighted by Gasteiger charge is -2.16. The maximum atomic E-state index is 12.5. The van der Waals surface area contributed by atoms with Crippen molar-refractivity contribution < 1.29 is 9.53 Å². The second kappa shape index (κ2) is 9.51. The maximum absolute atomic E-state index is 12.5.